The van der Waals surface area contributed by atoms with Crippen molar-refractivity contribution in [1.82, 2.24) is 15.3 Å². The van der Waals surface area contributed by atoms with Gasteiger partial charge in [-0.1, -0.05) is 36.7 Å². The van der Waals surface area contributed by atoms with Crippen molar-refractivity contribution < 1.29 is 4.79 Å². The minimum Gasteiger partial charge on any atom is -0.351 e. The van der Waals surface area contributed by atoms with Gasteiger partial charge in [0.05, 0.1) is 11.0 Å². The first kappa shape index (κ1) is 15.9. The van der Waals surface area contributed by atoms with E-state index in [0.717, 1.165) is 17.5 Å². The largest absolute Gasteiger partial charge is 0.351 e. The molecule has 0 bridgehead atoms. The van der Waals surface area contributed by atoms with Crippen molar-refractivity contribution in [1.29, 1.82) is 0 Å². The average molecular weight is 350 g/mol. The lowest BCUT2D eigenvalue weighted by atomic mass is 9.90. The van der Waals surface area contributed by atoms with E-state index < -0.39 is 0 Å². The molecular formula is C16H20BrN3O. The van der Waals surface area contributed by atoms with Crippen molar-refractivity contribution in [3.8, 4) is 0 Å². The summed E-state index contributed by atoms with van der Waals surface area (Å²) < 4.78 is 0. The Hall–Kier alpha value is -1.49. The SMILES string of the molecule is CC(C)(C)CC(Br)CNC(=O)c1ccc2nccnc2c1. The molecule has 0 saturated carbocycles. The fourth-order valence-electron chi connectivity index (χ4n) is 2.15. The summed E-state index contributed by atoms with van der Waals surface area (Å²) in [5.41, 5.74) is 2.37. The smallest absolute Gasteiger partial charge is 0.251 e. The molecule has 1 atom stereocenters. The highest BCUT2D eigenvalue weighted by molar-refractivity contribution is 9.09. The maximum Gasteiger partial charge on any atom is 0.251 e. The average Bonchev–Trinajstić information content (AvgIpc) is 2.42. The number of nitrogens with one attached hydrogen (secondary N) is 1. The Morgan fingerprint density at radius 1 is 1.24 bits per heavy atom. The highest BCUT2D eigenvalue weighted by atomic mass is 79.9. The molecule has 2 rings (SSSR count). The highest BCUT2D eigenvalue weighted by Gasteiger charge is 2.17. The van der Waals surface area contributed by atoms with Gasteiger partial charge in [-0.3, -0.25) is 14.8 Å². The first-order chi connectivity index (χ1) is 9.85. The summed E-state index contributed by atoms with van der Waals surface area (Å²) in [5.74, 6) is -0.0825. The van der Waals surface area contributed by atoms with Crippen LogP contribution in [0.25, 0.3) is 11.0 Å². The molecular weight excluding hydrogens is 330 g/mol. The van der Waals surface area contributed by atoms with Crippen LogP contribution in [-0.2, 0) is 0 Å². The number of carbonyl (C=O) groups excluding carboxylic acids is 1. The topological polar surface area (TPSA) is 54.9 Å². The second-order valence-corrected chi connectivity index (χ2v) is 7.63. The molecule has 1 amide bonds. The van der Waals surface area contributed by atoms with E-state index in [-0.39, 0.29) is 16.1 Å². The molecule has 1 heterocycles. The molecule has 0 aliphatic carbocycles. The molecule has 5 heteroatoms. The summed E-state index contributed by atoms with van der Waals surface area (Å²) in [4.78, 5) is 20.9. The van der Waals surface area contributed by atoms with Crippen molar-refractivity contribution in [3.63, 3.8) is 0 Å². The Morgan fingerprint density at radius 3 is 2.57 bits per heavy atom. The molecule has 112 valence electrons. The van der Waals surface area contributed by atoms with Crippen LogP contribution < -0.4 is 5.32 Å². The number of benzene rings is 1. The van der Waals surface area contributed by atoms with Gasteiger partial charge >= 0.3 is 0 Å². The number of hydrogen-bond acceptors (Lipinski definition) is 3. The van der Waals surface area contributed by atoms with Crippen molar-refractivity contribution in [2.75, 3.05) is 6.54 Å². The van der Waals surface area contributed by atoms with E-state index in [9.17, 15) is 4.79 Å². The number of fused-ring (bicyclic) bond motifs is 1. The molecule has 0 saturated heterocycles. The zero-order chi connectivity index (χ0) is 15.5. The van der Waals surface area contributed by atoms with E-state index in [1.54, 1.807) is 24.5 Å². The number of rotatable bonds is 4. The monoisotopic (exact) mass is 349 g/mol. The Balaban J connectivity index is 1.99. The van der Waals surface area contributed by atoms with Crippen LogP contribution in [0.5, 0.6) is 0 Å². The predicted molar refractivity (Wildman–Crippen MR) is 88.7 cm³/mol. The van der Waals surface area contributed by atoms with Crippen LogP contribution in [-0.4, -0.2) is 27.2 Å². The lowest BCUT2D eigenvalue weighted by molar-refractivity contribution is 0.0952. The lowest BCUT2D eigenvalue weighted by Gasteiger charge is -2.22. The summed E-state index contributed by atoms with van der Waals surface area (Å²) in [6.07, 6.45) is 4.27. The second kappa shape index (κ2) is 6.52. The van der Waals surface area contributed by atoms with Crippen LogP contribution in [0, 0.1) is 5.41 Å². The third-order valence-electron chi connectivity index (χ3n) is 3.05. The fraction of sp³-hybridized carbons (Fsp3) is 0.438. The molecule has 1 aromatic heterocycles. The zero-order valence-electron chi connectivity index (χ0n) is 12.6. The van der Waals surface area contributed by atoms with Crippen LogP contribution in [0.2, 0.25) is 0 Å². The summed E-state index contributed by atoms with van der Waals surface area (Å²) in [5, 5.41) is 2.95. The first-order valence-corrected chi connectivity index (χ1v) is 7.90. The van der Waals surface area contributed by atoms with E-state index in [1.165, 1.54) is 0 Å². The van der Waals surface area contributed by atoms with Crippen LogP contribution in [0.4, 0.5) is 0 Å². The molecule has 0 spiro atoms. The van der Waals surface area contributed by atoms with Crippen molar-refractivity contribution in [2.45, 2.75) is 32.0 Å². The molecule has 4 nitrogen and oxygen atoms in total. The van der Waals surface area contributed by atoms with Crippen molar-refractivity contribution in [2.24, 2.45) is 5.41 Å². The van der Waals surface area contributed by atoms with Gasteiger partial charge in [-0.05, 0) is 30.0 Å². The van der Waals surface area contributed by atoms with Gasteiger partial charge in [0, 0.05) is 29.3 Å². The summed E-state index contributed by atoms with van der Waals surface area (Å²) in [6, 6.07) is 5.36. The molecule has 2 aromatic rings. The number of aromatic nitrogens is 2. The van der Waals surface area contributed by atoms with E-state index in [4.69, 9.17) is 0 Å². The maximum atomic E-state index is 12.2. The fourth-order valence-corrected chi connectivity index (χ4v) is 3.28. The summed E-state index contributed by atoms with van der Waals surface area (Å²) in [6.45, 7) is 7.16. The van der Waals surface area contributed by atoms with Gasteiger partial charge in [0.15, 0.2) is 0 Å². The van der Waals surface area contributed by atoms with Crippen molar-refractivity contribution in [3.05, 3.63) is 36.2 Å². The number of amides is 1. The first-order valence-electron chi connectivity index (χ1n) is 6.98. The molecule has 0 aliphatic heterocycles. The van der Waals surface area contributed by atoms with E-state index in [2.05, 4.69) is 52.0 Å². The number of nitrogens with zero attached hydrogens (tertiary/aromatic N) is 2. The van der Waals surface area contributed by atoms with Crippen LogP contribution in [0.3, 0.4) is 0 Å². The van der Waals surface area contributed by atoms with E-state index in [0.29, 0.717) is 12.1 Å². The van der Waals surface area contributed by atoms with Gasteiger partial charge in [0.1, 0.15) is 0 Å². The lowest BCUT2D eigenvalue weighted by Crippen LogP contribution is -2.31. The van der Waals surface area contributed by atoms with Crippen LogP contribution in [0.15, 0.2) is 30.6 Å². The quantitative estimate of drug-likeness (QED) is 0.858. The molecule has 1 aromatic carbocycles. The van der Waals surface area contributed by atoms with Gasteiger partial charge in [-0.15, -0.1) is 0 Å². The maximum absolute atomic E-state index is 12.2. The number of hydrogen-bond donors (Lipinski definition) is 1. The van der Waals surface area contributed by atoms with Crippen LogP contribution >= 0.6 is 15.9 Å². The Morgan fingerprint density at radius 2 is 1.90 bits per heavy atom. The second-order valence-electron chi connectivity index (χ2n) is 6.33. The van der Waals surface area contributed by atoms with Gasteiger partial charge in [0.2, 0.25) is 0 Å². The third-order valence-corrected chi connectivity index (χ3v) is 3.70. The van der Waals surface area contributed by atoms with Gasteiger partial charge in [-0.25, -0.2) is 0 Å². The summed E-state index contributed by atoms with van der Waals surface area (Å²) >= 11 is 3.62. The van der Waals surface area contributed by atoms with E-state index >= 15 is 0 Å². The van der Waals surface area contributed by atoms with Gasteiger partial charge in [-0.2, -0.15) is 0 Å². The molecule has 1 N–H and O–H groups in total. The predicted octanol–water partition coefficient (Wildman–Crippen LogP) is 3.56. The number of carbonyl (C=O) groups is 1. The van der Waals surface area contributed by atoms with Gasteiger partial charge < -0.3 is 5.32 Å². The van der Waals surface area contributed by atoms with Crippen LogP contribution in [0.1, 0.15) is 37.6 Å². The normalized spacial score (nSPS) is 13.1. The molecule has 21 heavy (non-hydrogen) atoms. The number of halogens is 1. The van der Waals surface area contributed by atoms with Crippen molar-refractivity contribution >= 4 is 32.9 Å². The Labute approximate surface area is 133 Å². The standard InChI is InChI=1S/C16H20BrN3O/c1-16(2,3)9-12(17)10-20-15(21)11-4-5-13-14(8-11)19-7-6-18-13/h4-8,12H,9-10H2,1-3H3,(H,20,21). The molecule has 0 aliphatic rings. The molecule has 0 fully saturated rings. The summed E-state index contributed by atoms with van der Waals surface area (Å²) in [7, 11) is 0. The van der Waals surface area contributed by atoms with E-state index in [1.807, 2.05) is 6.07 Å². The third kappa shape index (κ3) is 4.77. The Bertz CT molecular complexity index is 637. The molecule has 1 unspecified atom stereocenters. The highest BCUT2D eigenvalue weighted by Crippen LogP contribution is 2.24. The zero-order valence-corrected chi connectivity index (χ0v) is 14.1. The minimum atomic E-state index is -0.0825. The van der Waals surface area contributed by atoms with Gasteiger partial charge in [0.25, 0.3) is 5.91 Å². The molecule has 0 radical (unpaired) electrons. The number of alkyl halides is 1. The minimum absolute atomic E-state index is 0.0825. The Kier molecular flexibility index (Phi) is 4.93.